The highest BCUT2D eigenvalue weighted by Gasteiger charge is 2.19. The smallest absolute Gasteiger partial charge is 0.250 e. The Balaban J connectivity index is 1.82. The standard InChI is InChI=1S/C20H19N3O/c1-2-3-12-17-18(15-11-7-8-13-16(15)21-17)20-23-22-19(24-20)14-9-5-4-6-10-14/h4-11,13,21H,2-3,12H2,1H3. The average Bonchev–Trinajstić information content (AvgIpc) is 3.24. The van der Waals surface area contributed by atoms with Crippen LogP contribution in [-0.2, 0) is 6.42 Å². The minimum Gasteiger partial charge on any atom is -0.416 e. The minimum atomic E-state index is 0.553. The summed E-state index contributed by atoms with van der Waals surface area (Å²) in [5, 5.41) is 9.69. The Labute approximate surface area is 140 Å². The third kappa shape index (κ3) is 2.60. The minimum absolute atomic E-state index is 0.553. The molecule has 0 radical (unpaired) electrons. The number of para-hydroxylation sites is 1. The molecule has 0 aliphatic heterocycles. The summed E-state index contributed by atoms with van der Waals surface area (Å²) in [5.74, 6) is 1.13. The SMILES string of the molecule is CCCCc1[nH]c2ccccc2c1-c1nnc(-c2ccccc2)o1. The summed E-state index contributed by atoms with van der Waals surface area (Å²) < 4.78 is 6.00. The third-order valence-corrected chi connectivity index (χ3v) is 4.22. The molecule has 24 heavy (non-hydrogen) atoms. The average molecular weight is 317 g/mol. The summed E-state index contributed by atoms with van der Waals surface area (Å²) in [4.78, 5) is 3.52. The Kier molecular flexibility index (Phi) is 3.87. The van der Waals surface area contributed by atoms with Gasteiger partial charge in [0.2, 0.25) is 5.89 Å². The molecule has 4 heteroatoms. The predicted molar refractivity (Wildman–Crippen MR) is 95.6 cm³/mol. The van der Waals surface area contributed by atoms with E-state index in [1.54, 1.807) is 0 Å². The van der Waals surface area contributed by atoms with Crippen molar-refractivity contribution in [3.8, 4) is 22.9 Å². The summed E-state index contributed by atoms with van der Waals surface area (Å²) in [7, 11) is 0. The van der Waals surface area contributed by atoms with Crippen molar-refractivity contribution in [2.24, 2.45) is 0 Å². The molecule has 0 spiro atoms. The van der Waals surface area contributed by atoms with E-state index in [0.29, 0.717) is 11.8 Å². The van der Waals surface area contributed by atoms with Crippen LogP contribution in [0.4, 0.5) is 0 Å². The molecule has 0 saturated carbocycles. The van der Waals surface area contributed by atoms with Gasteiger partial charge in [-0.2, -0.15) is 0 Å². The number of aryl methyl sites for hydroxylation is 1. The van der Waals surface area contributed by atoms with E-state index in [1.165, 1.54) is 5.69 Å². The lowest BCUT2D eigenvalue weighted by molar-refractivity contribution is 0.584. The van der Waals surface area contributed by atoms with Crippen LogP contribution >= 0.6 is 0 Å². The monoisotopic (exact) mass is 317 g/mol. The molecule has 0 fully saturated rings. The highest BCUT2D eigenvalue weighted by molar-refractivity contribution is 5.95. The molecule has 0 saturated heterocycles. The zero-order chi connectivity index (χ0) is 16.4. The van der Waals surface area contributed by atoms with Gasteiger partial charge in [0.05, 0.1) is 5.56 Å². The van der Waals surface area contributed by atoms with E-state index in [-0.39, 0.29) is 0 Å². The number of rotatable bonds is 5. The number of unbranched alkanes of at least 4 members (excludes halogenated alkanes) is 1. The second kappa shape index (κ2) is 6.32. The Morgan fingerprint density at radius 2 is 1.67 bits per heavy atom. The number of nitrogens with one attached hydrogen (secondary N) is 1. The van der Waals surface area contributed by atoms with Crippen LogP contribution in [-0.4, -0.2) is 15.2 Å². The molecule has 0 aliphatic carbocycles. The molecular formula is C20H19N3O. The van der Waals surface area contributed by atoms with Gasteiger partial charge in [0, 0.05) is 22.2 Å². The number of H-pyrrole nitrogens is 1. The van der Waals surface area contributed by atoms with Crippen molar-refractivity contribution in [3.63, 3.8) is 0 Å². The number of benzene rings is 2. The van der Waals surface area contributed by atoms with Gasteiger partial charge in [-0.1, -0.05) is 49.7 Å². The van der Waals surface area contributed by atoms with E-state index >= 15 is 0 Å². The number of aromatic amines is 1. The Morgan fingerprint density at radius 1 is 0.917 bits per heavy atom. The van der Waals surface area contributed by atoms with Crippen molar-refractivity contribution in [2.75, 3.05) is 0 Å². The summed E-state index contributed by atoms with van der Waals surface area (Å²) in [5.41, 5.74) is 4.25. The Hall–Kier alpha value is -2.88. The second-order valence-electron chi connectivity index (χ2n) is 5.91. The first-order valence-electron chi connectivity index (χ1n) is 8.35. The molecule has 0 amide bonds. The largest absolute Gasteiger partial charge is 0.416 e. The molecule has 0 aliphatic rings. The predicted octanol–water partition coefficient (Wildman–Crippen LogP) is 5.23. The number of fused-ring (bicyclic) bond motifs is 1. The molecule has 2 aromatic heterocycles. The van der Waals surface area contributed by atoms with Gasteiger partial charge in [-0.05, 0) is 31.0 Å². The van der Waals surface area contributed by atoms with Crippen LogP contribution in [0.3, 0.4) is 0 Å². The van der Waals surface area contributed by atoms with Gasteiger partial charge in [-0.25, -0.2) is 0 Å². The van der Waals surface area contributed by atoms with Crippen molar-refractivity contribution in [3.05, 3.63) is 60.3 Å². The first kappa shape index (κ1) is 14.7. The first-order chi connectivity index (χ1) is 11.9. The zero-order valence-corrected chi connectivity index (χ0v) is 13.6. The van der Waals surface area contributed by atoms with E-state index in [9.17, 15) is 0 Å². The Morgan fingerprint density at radius 3 is 2.50 bits per heavy atom. The van der Waals surface area contributed by atoms with Crippen molar-refractivity contribution < 1.29 is 4.42 Å². The van der Waals surface area contributed by atoms with Gasteiger partial charge in [0.25, 0.3) is 5.89 Å². The van der Waals surface area contributed by atoms with Gasteiger partial charge in [-0.15, -0.1) is 10.2 Å². The maximum absolute atomic E-state index is 6.00. The fourth-order valence-corrected chi connectivity index (χ4v) is 3.00. The molecule has 2 heterocycles. The first-order valence-corrected chi connectivity index (χ1v) is 8.35. The van der Waals surface area contributed by atoms with Crippen molar-refractivity contribution in [1.29, 1.82) is 0 Å². The Bertz CT molecular complexity index is 953. The van der Waals surface area contributed by atoms with Crippen LogP contribution in [0.2, 0.25) is 0 Å². The summed E-state index contributed by atoms with van der Waals surface area (Å²) in [6.07, 6.45) is 3.25. The van der Waals surface area contributed by atoms with E-state index in [0.717, 1.165) is 41.3 Å². The molecule has 0 atom stereocenters. The lowest BCUT2D eigenvalue weighted by Gasteiger charge is -2.00. The lowest BCUT2D eigenvalue weighted by atomic mass is 10.1. The van der Waals surface area contributed by atoms with Gasteiger partial charge in [-0.3, -0.25) is 0 Å². The van der Waals surface area contributed by atoms with Crippen molar-refractivity contribution in [2.45, 2.75) is 26.2 Å². The molecule has 0 unspecified atom stereocenters. The highest BCUT2D eigenvalue weighted by Crippen LogP contribution is 2.33. The normalized spacial score (nSPS) is 11.2. The van der Waals surface area contributed by atoms with E-state index in [2.05, 4.69) is 34.2 Å². The van der Waals surface area contributed by atoms with Gasteiger partial charge in [0.15, 0.2) is 0 Å². The van der Waals surface area contributed by atoms with Crippen LogP contribution in [0, 0.1) is 0 Å². The molecule has 1 N–H and O–H groups in total. The summed E-state index contributed by atoms with van der Waals surface area (Å²) >= 11 is 0. The van der Waals surface area contributed by atoms with E-state index in [4.69, 9.17) is 4.42 Å². The summed E-state index contributed by atoms with van der Waals surface area (Å²) in [6.45, 7) is 2.20. The molecule has 2 aromatic carbocycles. The van der Waals surface area contributed by atoms with Gasteiger partial charge < -0.3 is 9.40 Å². The molecule has 4 rings (SSSR count). The highest BCUT2D eigenvalue weighted by atomic mass is 16.4. The van der Waals surface area contributed by atoms with Crippen LogP contribution < -0.4 is 0 Å². The van der Waals surface area contributed by atoms with Gasteiger partial charge >= 0.3 is 0 Å². The number of hydrogen-bond donors (Lipinski definition) is 1. The fraction of sp³-hybridized carbons (Fsp3) is 0.200. The van der Waals surface area contributed by atoms with Crippen LogP contribution in [0.25, 0.3) is 33.8 Å². The molecule has 120 valence electrons. The second-order valence-corrected chi connectivity index (χ2v) is 5.91. The topological polar surface area (TPSA) is 54.7 Å². The van der Waals surface area contributed by atoms with Crippen molar-refractivity contribution in [1.82, 2.24) is 15.2 Å². The molecular weight excluding hydrogens is 298 g/mol. The molecule has 0 bridgehead atoms. The number of nitrogens with zero attached hydrogens (tertiary/aromatic N) is 2. The maximum Gasteiger partial charge on any atom is 0.250 e. The third-order valence-electron chi connectivity index (χ3n) is 4.22. The van der Waals surface area contributed by atoms with E-state index in [1.807, 2.05) is 42.5 Å². The number of hydrogen-bond acceptors (Lipinski definition) is 3. The van der Waals surface area contributed by atoms with Crippen LogP contribution in [0.15, 0.2) is 59.0 Å². The molecule has 4 nitrogen and oxygen atoms in total. The van der Waals surface area contributed by atoms with Crippen LogP contribution in [0.1, 0.15) is 25.5 Å². The van der Waals surface area contributed by atoms with Gasteiger partial charge in [0.1, 0.15) is 0 Å². The number of aromatic nitrogens is 3. The maximum atomic E-state index is 6.00. The van der Waals surface area contributed by atoms with Crippen molar-refractivity contribution >= 4 is 10.9 Å². The fourth-order valence-electron chi connectivity index (χ4n) is 3.00. The molecule has 4 aromatic rings. The zero-order valence-electron chi connectivity index (χ0n) is 13.6. The van der Waals surface area contributed by atoms with Crippen LogP contribution in [0.5, 0.6) is 0 Å². The lowest BCUT2D eigenvalue weighted by Crippen LogP contribution is -1.88. The van der Waals surface area contributed by atoms with E-state index < -0.39 is 0 Å². The summed E-state index contributed by atoms with van der Waals surface area (Å²) in [6, 6.07) is 18.1. The quantitative estimate of drug-likeness (QED) is 0.548.